The van der Waals surface area contributed by atoms with Crippen molar-refractivity contribution >= 4 is 22.8 Å². The smallest absolute Gasteiger partial charge is 0.256 e. The van der Waals surface area contributed by atoms with E-state index >= 15 is 0 Å². The molecular formula is C23H27N5O3. The molecule has 31 heavy (non-hydrogen) atoms. The largest absolute Gasteiger partial charge is 0.479 e. The number of methoxy groups -OCH3 is 1. The molecule has 8 heteroatoms. The highest BCUT2D eigenvalue weighted by atomic mass is 16.5. The second kappa shape index (κ2) is 9.36. The van der Waals surface area contributed by atoms with Crippen LogP contribution in [0.3, 0.4) is 0 Å². The summed E-state index contributed by atoms with van der Waals surface area (Å²) in [7, 11) is 5.57. The van der Waals surface area contributed by atoms with Crippen molar-refractivity contribution in [1.82, 2.24) is 19.9 Å². The SMILES string of the molecule is COc1ncc(C2CCOCC2)c2ncc(NC(=O)c3ccc(CN(C)C)cc3)nc12. The zero-order chi connectivity index (χ0) is 21.8. The molecule has 1 aliphatic heterocycles. The van der Waals surface area contributed by atoms with Gasteiger partial charge in [0.15, 0.2) is 11.3 Å². The molecule has 3 aromatic rings. The minimum absolute atomic E-state index is 0.238. The van der Waals surface area contributed by atoms with Crippen LogP contribution in [-0.4, -0.2) is 60.2 Å². The fourth-order valence-electron chi connectivity index (χ4n) is 3.83. The highest BCUT2D eigenvalue weighted by Crippen LogP contribution is 2.33. The highest BCUT2D eigenvalue weighted by Gasteiger charge is 2.22. The molecule has 3 heterocycles. The van der Waals surface area contributed by atoms with Gasteiger partial charge in [0.1, 0.15) is 0 Å². The Labute approximate surface area is 181 Å². The van der Waals surface area contributed by atoms with Crippen LogP contribution in [0.1, 0.15) is 40.2 Å². The number of carbonyl (C=O) groups is 1. The fourth-order valence-corrected chi connectivity index (χ4v) is 3.83. The lowest BCUT2D eigenvalue weighted by Gasteiger charge is -2.23. The van der Waals surface area contributed by atoms with E-state index < -0.39 is 0 Å². The molecule has 0 saturated carbocycles. The lowest BCUT2D eigenvalue weighted by molar-refractivity contribution is 0.0855. The van der Waals surface area contributed by atoms with Crippen molar-refractivity contribution in [3.05, 3.63) is 53.3 Å². The van der Waals surface area contributed by atoms with E-state index in [9.17, 15) is 4.79 Å². The monoisotopic (exact) mass is 421 g/mol. The van der Waals surface area contributed by atoms with Gasteiger partial charge in [-0.15, -0.1) is 0 Å². The molecule has 1 saturated heterocycles. The predicted octanol–water partition coefficient (Wildman–Crippen LogP) is 3.24. The summed E-state index contributed by atoms with van der Waals surface area (Å²) in [6.07, 6.45) is 5.25. The van der Waals surface area contributed by atoms with Crippen LogP contribution in [0.25, 0.3) is 11.0 Å². The van der Waals surface area contributed by atoms with Gasteiger partial charge in [0.25, 0.3) is 5.91 Å². The Morgan fingerprint density at radius 2 is 1.87 bits per heavy atom. The zero-order valence-electron chi connectivity index (χ0n) is 18.1. The molecule has 0 aliphatic carbocycles. The van der Waals surface area contributed by atoms with Gasteiger partial charge in [-0.2, -0.15) is 0 Å². The molecular weight excluding hydrogens is 394 g/mol. The van der Waals surface area contributed by atoms with Crippen LogP contribution in [0.5, 0.6) is 5.88 Å². The molecule has 0 bridgehead atoms. The molecule has 162 valence electrons. The van der Waals surface area contributed by atoms with Crippen LogP contribution in [0.4, 0.5) is 5.82 Å². The van der Waals surface area contributed by atoms with Gasteiger partial charge in [0.2, 0.25) is 5.88 Å². The van der Waals surface area contributed by atoms with Gasteiger partial charge in [-0.3, -0.25) is 9.78 Å². The first-order valence-corrected chi connectivity index (χ1v) is 10.4. The number of nitrogens with one attached hydrogen (secondary N) is 1. The Kier molecular flexibility index (Phi) is 6.39. The number of benzene rings is 1. The van der Waals surface area contributed by atoms with Crippen molar-refractivity contribution in [3.63, 3.8) is 0 Å². The molecule has 4 rings (SSSR count). The minimum atomic E-state index is -0.238. The second-order valence-electron chi connectivity index (χ2n) is 7.95. The third-order valence-corrected chi connectivity index (χ3v) is 5.38. The van der Waals surface area contributed by atoms with E-state index in [1.165, 1.54) is 0 Å². The Morgan fingerprint density at radius 1 is 1.13 bits per heavy atom. The summed E-state index contributed by atoms with van der Waals surface area (Å²) in [6, 6.07) is 7.53. The number of nitrogens with zero attached hydrogens (tertiary/aromatic N) is 4. The number of aromatic nitrogens is 3. The van der Waals surface area contributed by atoms with E-state index in [0.29, 0.717) is 28.7 Å². The van der Waals surface area contributed by atoms with Gasteiger partial charge >= 0.3 is 0 Å². The van der Waals surface area contributed by atoms with Crippen molar-refractivity contribution in [2.24, 2.45) is 0 Å². The molecule has 1 fully saturated rings. The summed E-state index contributed by atoms with van der Waals surface area (Å²) in [5, 5.41) is 2.83. The van der Waals surface area contributed by atoms with Gasteiger partial charge < -0.3 is 19.7 Å². The topological polar surface area (TPSA) is 89.5 Å². The van der Waals surface area contributed by atoms with Crippen molar-refractivity contribution in [1.29, 1.82) is 0 Å². The Balaban J connectivity index is 1.59. The summed E-state index contributed by atoms with van der Waals surface area (Å²) in [5.74, 6) is 0.837. The first kappa shape index (κ1) is 21.1. The number of pyridine rings is 1. The van der Waals surface area contributed by atoms with Crippen LogP contribution >= 0.6 is 0 Å². The summed E-state index contributed by atoms with van der Waals surface area (Å²) in [4.78, 5) is 28.4. The molecule has 0 unspecified atom stereocenters. The third kappa shape index (κ3) is 4.81. The predicted molar refractivity (Wildman–Crippen MR) is 118 cm³/mol. The second-order valence-corrected chi connectivity index (χ2v) is 7.95. The minimum Gasteiger partial charge on any atom is -0.479 e. The van der Waals surface area contributed by atoms with E-state index in [1.54, 1.807) is 13.3 Å². The number of fused-ring (bicyclic) bond motifs is 1. The van der Waals surface area contributed by atoms with Crippen LogP contribution < -0.4 is 10.1 Å². The van der Waals surface area contributed by atoms with Gasteiger partial charge in [-0.25, -0.2) is 9.97 Å². The number of hydrogen-bond acceptors (Lipinski definition) is 7. The summed E-state index contributed by atoms with van der Waals surface area (Å²) >= 11 is 0. The number of carbonyl (C=O) groups excluding carboxylic acids is 1. The maximum Gasteiger partial charge on any atom is 0.256 e. The van der Waals surface area contributed by atoms with Crippen LogP contribution in [0.15, 0.2) is 36.7 Å². The molecule has 0 spiro atoms. The number of rotatable bonds is 6. The molecule has 0 radical (unpaired) electrons. The quantitative estimate of drug-likeness (QED) is 0.653. The van der Waals surface area contributed by atoms with Crippen LogP contribution in [-0.2, 0) is 11.3 Å². The van der Waals surface area contributed by atoms with Gasteiger partial charge in [-0.05, 0) is 50.6 Å². The molecule has 8 nitrogen and oxygen atoms in total. The normalized spacial score (nSPS) is 14.7. The lowest BCUT2D eigenvalue weighted by Crippen LogP contribution is -2.16. The van der Waals surface area contributed by atoms with E-state index in [4.69, 9.17) is 9.47 Å². The van der Waals surface area contributed by atoms with E-state index in [2.05, 4.69) is 25.2 Å². The summed E-state index contributed by atoms with van der Waals surface area (Å²) in [5.41, 5.74) is 4.05. The number of hydrogen-bond donors (Lipinski definition) is 1. The zero-order valence-corrected chi connectivity index (χ0v) is 18.1. The van der Waals surface area contributed by atoms with E-state index in [0.717, 1.165) is 49.2 Å². The average Bonchev–Trinajstić information content (AvgIpc) is 2.79. The third-order valence-electron chi connectivity index (χ3n) is 5.38. The number of anilines is 1. The van der Waals surface area contributed by atoms with Crippen molar-refractivity contribution in [2.75, 3.05) is 39.7 Å². The van der Waals surface area contributed by atoms with Gasteiger partial charge in [0.05, 0.1) is 18.8 Å². The first-order chi connectivity index (χ1) is 15.0. The molecule has 1 aromatic carbocycles. The molecule has 1 amide bonds. The fraction of sp³-hybridized carbons (Fsp3) is 0.391. The Bertz CT molecular complexity index is 1060. The molecule has 1 aliphatic rings. The first-order valence-electron chi connectivity index (χ1n) is 10.4. The Morgan fingerprint density at radius 3 is 2.55 bits per heavy atom. The molecule has 0 atom stereocenters. The van der Waals surface area contributed by atoms with Crippen LogP contribution in [0, 0.1) is 0 Å². The van der Waals surface area contributed by atoms with E-state index in [1.807, 2.05) is 44.6 Å². The average molecular weight is 422 g/mol. The summed E-state index contributed by atoms with van der Waals surface area (Å²) in [6.45, 7) is 2.28. The van der Waals surface area contributed by atoms with Crippen molar-refractivity contribution in [2.45, 2.75) is 25.3 Å². The molecule has 1 N–H and O–H groups in total. The standard InChI is InChI=1S/C23H27N5O3/c1-28(2)14-15-4-6-17(7-5-15)22(29)27-19-13-24-20-18(16-8-10-31-11-9-16)12-25-23(30-3)21(20)26-19/h4-7,12-13,16H,8-11,14H2,1-3H3,(H,26,27,29). The molecule has 2 aromatic heterocycles. The number of ether oxygens (including phenoxy) is 2. The Hall–Kier alpha value is -3.10. The van der Waals surface area contributed by atoms with Crippen LogP contribution in [0.2, 0.25) is 0 Å². The number of amides is 1. The maximum absolute atomic E-state index is 12.7. The van der Waals surface area contributed by atoms with E-state index in [-0.39, 0.29) is 5.91 Å². The summed E-state index contributed by atoms with van der Waals surface area (Å²) < 4.78 is 10.9. The van der Waals surface area contributed by atoms with Gasteiger partial charge in [-0.1, -0.05) is 12.1 Å². The van der Waals surface area contributed by atoms with Crippen molar-refractivity contribution < 1.29 is 14.3 Å². The maximum atomic E-state index is 12.7. The highest BCUT2D eigenvalue weighted by molar-refractivity contribution is 6.04. The van der Waals surface area contributed by atoms with Gasteiger partial charge in [0, 0.05) is 37.1 Å². The lowest BCUT2D eigenvalue weighted by atomic mass is 9.92. The van der Waals surface area contributed by atoms with Crippen molar-refractivity contribution in [3.8, 4) is 5.88 Å².